The van der Waals surface area contributed by atoms with Crippen molar-refractivity contribution in [3.8, 4) is 0 Å². The minimum absolute atomic E-state index is 0. The molecule has 0 aliphatic carbocycles. The van der Waals surface area contributed by atoms with Crippen LogP contribution in [-0.2, 0) is 62.4 Å². The first-order chi connectivity index (χ1) is 12.0. The molecule has 0 saturated carbocycles. The second-order valence-corrected chi connectivity index (χ2v) is 8.06. The zero-order valence-electron chi connectivity index (χ0n) is 89.1. The van der Waals surface area contributed by atoms with E-state index in [2.05, 4.69) is 0 Å². The van der Waals surface area contributed by atoms with E-state index in [1.165, 1.54) is 0 Å². The van der Waals surface area contributed by atoms with E-state index in [1.807, 2.05) is 0 Å². The molecule has 0 amide bonds. The summed E-state index contributed by atoms with van der Waals surface area (Å²) < 4.78 is 190. The Morgan fingerprint density at radius 2 is 0.0507 bits per heavy atom. The Bertz CT molecular complexity index is 858. The van der Waals surface area contributed by atoms with Crippen molar-refractivity contribution in [3.63, 3.8) is 0 Å². The number of rotatable bonds is 0. The molecule has 0 rings (SSSR count). The molecule has 0 heterocycles. The van der Waals surface area contributed by atoms with Gasteiger partial charge in [-0.25, -0.2) is 0 Å². The van der Waals surface area contributed by atoms with Gasteiger partial charge in [-0.3, -0.25) is 54.6 Å². The molecule has 0 aliphatic rings. The maximum Gasteiger partial charge on any atom is 2.00 e. The van der Waals surface area contributed by atoms with Crippen molar-refractivity contribution in [3.05, 3.63) is 0 Å². The van der Waals surface area contributed by atoms with Crippen molar-refractivity contribution in [1.82, 2.24) is 0 Å². The molecular formula is H12Ba108O24S6+216. The molecular weight excluding hydrogens is 15400 g/mol. The topological polar surface area (TPSA) is 448 Å². The Hall–Kier alpha value is 169. The maximum absolute atomic E-state index is 8.74. The van der Waals surface area contributed by atoms with Crippen LogP contribution in [0, 0.1) is 0 Å². The smallest absolute Gasteiger partial charge is 0.264 e. The third-order valence-electron chi connectivity index (χ3n) is 0. The van der Waals surface area contributed by atoms with E-state index < -0.39 is 62.4 Å². The predicted molar refractivity (Wildman–Crippen MR) is 706 cm³/mol. The average Bonchev–Trinajstić information content (AvgIpc) is 1.94. The molecule has 0 unspecified atom stereocenters. The van der Waals surface area contributed by atoms with Crippen LogP contribution >= 0.6 is 0 Å². The van der Waals surface area contributed by atoms with Gasteiger partial charge in [0.1, 0.15) is 0 Å². The van der Waals surface area contributed by atoms with Gasteiger partial charge in [0.05, 0.1) is 0 Å². The Morgan fingerprint density at radius 1 is 0.0507 bits per heavy atom. The van der Waals surface area contributed by atoms with Crippen molar-refractivity contribution >= 4 is 5340 Å². The Labute approximate surface area is 5200 Å². The van der Waals surface area contributed by atoms with Crippen LogP contribution in [0.3, 0.4) is 0 Å². The Balaban J connectivity index is -0.000000000387. The molecule has 0 saturated heterocycles. The van der Waals surface area contributed by atoms with Crippen LogP contribution in [0.1, 0.15) is 0 Å². The quantitative estimate of drug-likeness (QED) is 0.0791. The molecule has 192 valence electrons. The normalized spacial score (nSPS) is 2.52. The first-order valence-electron chi connectivity index (χ1n) is 4.19. The summed E-state index contributed by atoms with van der Waals surface area (Å²) >= 11 is 0. The Kier molecular flexibility index (Phi) is 3790. The summed E-state index contributed by atoms with van der Waals surface area (Å²) in [5.74, 6) is 0. The first-order valence-corrected chi connectivity index (χ1v) is 12.6. The van der Waals surface area contributed by atoms with Crippen LogP contribution in [0.2, 0.25) is 0 Å². The van der Waals surface area contributed by atoms with Crippen LogP contribution in [-0.4, -0.2) is 5380 Å². The molecule has 24 nitrogen and oxygen atoms in total. The van der Waals surface area contributed by atoms with Gasteiger partial charge in [0, 0.05) is 0 Å². The van der Waals surface area contributed by atoms with Crippen molar-refractivity contribution < 1.29 is 105 Å². The monoisotopic (exact) mass is 15500 g/mol. The fourth-order valence-corrected chi connectivity index (χ4v) is 0. The van der Waals surface area contributed by atoms with Gasteiger partial charge in [-0.1, -0.05) is 0 Å². The molecule has 0 aromatic rings. The van der Waals surface area contributed by atoms with E-state index in [1.54, 1.807) is 0 Å². The van der Waals surface area contributed by atoms with Crippen molar-refractivity contribution in [2.75, 3.05) is 0 Å². The third-order valence-corrected chi connectivity index (χ3v) is 0. The minimum Gasteiger partial charge on any atom is -0.264 e. The molecule has 0 fully saturated rings. The molecule has 0 aromatic carbocycles. The van der Waals surface area contributed by atoms with Gasteiger partial charge < -0.3 is 0 Å². The number of hydrogen-bond donors (Lipinski definition) is 12. The maximum atomic E-state index is 8.74. The summed E-state index contributed by atoms with van der Waals surface area (Å²) in [6.45, 7) is 0. The second-order valence-electron chi connectivity index (χ2n) is 2.69. The predicted octanol–water partition coefficient (Wildman–Crippen LogP) is -45.0. The van der Waals surface area contributed by atoms with Gasteiger partial charge in [-0.2, -0.15) is 50.5 Å². The van der Waals surface area contributed by atoms with Crippen LogP contribution in [0.15, 0.2) is 0 Å². The molecule has 0 bridgehead atoms. The summed E-state index contributed by atoms with van der Waals surface area (Å²) in [6, 6.07) is 0. The summed E-state index contributed by atoms with van der Waals surface area (Å²) in [5.41, 5.74) is 0. The van der Waals surface area contributed by atoms with Gasteiger partial charge in [0.25, 0.3) is 0 Å². The molecule has 0 atom stereocenters. The Morgan fingerprint density at radius 3 is 0.0507 bits per heavy atom. The summed E-state index contributed by atoms with van der Waals surface area (Å²) in [5, 5.41) is 0. The van der Waals surface area contributed by atoms with Crippen molar-refractivity contribution in [2.24, 2.45) is 0 Å². The molecule has 138 heteroatoms. The van der Waals surface area contributed by atoms with Crippen LogP contribution in [0.25, 0.3) is 0 Å². The molecule has 0 radical (unpaired) electrons. The largest absolute Gasteiger partial charge is 2.00 e. The average molecular weight is 15400 g/mol. The van der Waals surface area contributed by atoms with Crippen LogP contribution in [0.4, 0.5) is 0 Å². The molecule has 0 aromatic heterocycles. The summed E-state index contributed by atoms with van der Waals surface area (Å²) in [4.78, 5) is 0. The van der Waals surface area contributed by atoms with E-state index in [9.17, 15) is 0 Å². The van der Waals surface area contributed by atoms with Gasteiger partial charge in [-0.15, -0.1) is 0 Å². The van der Waals surface area contributed by atoms with E-state index in [4.69, 9.17) is 105 Å². The standard InChI is InChI=1S/108Ba.6H2O4S/c;;;;;;;;;;;;;;;;;;;;;;;;;;;;;;;;;;;;;;;;;;;;;;;;;;;;;;;;;;;;;;;;;;;;;;;;;;;;;;;;;;;;;;;;;;;;;;;;;;;;;;;;;;;;6*1-5(2,3)4/h;;;;;;;;;;;;;;;;;;;;;;;;;;;;;;;;;;;;;;;;;;;;;;;;;;;;;;;;;;;;;;;;;;;;;;;;;;;;;;;;;;;;;;;;;;;;;;;;;;;;;;;;;;;;6*(H2,1,2,3,4)/q108*+2;;;;;;. The van der Waals surface area contributed by atoms with E-state index in [0.717, 1.165) is 0 Å². The molecule has 0 aliphatic heterocycles. The van der Waals surface area contributed by atoms with Crippen molar-refractivity contribution in [1.29, 1.82) is 0 Å². The van der Waals surface area contributed by atoms with Gasteiger partial charge in [0.2, 0.25) is 0 Å². The van der Waals surface area contributed by atoms with E-state index >= 15 is 0 Å². The fourth-order valence-electron chi connectivity index (χ4n) is 0. The zero-order chi connectivity index (χ0) is 27.0. The molecule has 138 heavy (non-hydrogen) atoms. The number of hydrogen-bond acceptors (Lipinski definition) is 12. The summed E-state index contributed by atoms with van der Waals surface area (Å²) in [6.07, 6.45) is 0. The second kappa shape index (κ2) is 677. The van der Waals surface area contributed by atoms with E-state index in [-0.39, 0.29) is 5280 Å². The first kappa shape index (κ1) is 772. The zero-order valence-corrected chi connectivity index (χ0v) is 574. The van der Waals surface area contributed by atoms with Gasteiger partial charge >= 0.3 is 5340 Å². The van der Waals surface area contributed by atoms with Crippen LogP contribution in [0.5, 0.6) is 0 Å². The van der Waals surface area contributed by atoms with Gasteiger partial charge in [-0.05, 0) is 0 Å². The van der Waals surface area contributed by atoms with Crippen molar-refractivity contribution in [2.45, 2.75) is 0 Å². The SMILES string of the molecule is O=S(=O)(O)O.O=S(=O)(O)O.O=S(=O)(O)O.O=S(=O)(O)O.O=S(=O)(O)O.O=S(=O)(O)O.[Ba+2].[Ba+2].[Ba+2].[Ba+2].[Ba+2].[Ba+2].[Ba+2].[Ba+2].[Ba+2].[Ba+2].[Ba+2].[Ba+2].[Ba+2].[Ba+2].[Ba+2].[Ba+2].[Ba+2].[Ba+2].[Ba+2].[Ba+2].[Ba+2].[Ba+2].[Ba+2].[Ba+2].[Ba+2].[Ba+2].[Ba+2].[Ba+2].[Ba+2].[Ba+2].[Ba+2].[Ba+2].[Ba+2].[Ba+2].[Ba+2].[Ba+2].[Ba+2].[Ba+2].[Ba+2].[Ba+2].[Ba+2].[Ba+2].[Ba+2].[Ba+2].[Ba+2].[Ba+2].[Ba+2].[Ba+2].[Ba+2].[Ba+2].[Ba+2].[Ba+2].[Ba+2].[Ba+2].[Ba+2].[Ba+2].[Ba+2].[Ba+2].[Ba+2].[Ba+2].[Ba+2].[Ba+2].[Ba+2].[Ba+2].[Ba+2].[Ba+2].[Ba+2].[Ba+2].[Ba+2].[Ba+2].[Ba+2].[Ba+2].[Ba+2].[Ba+2].[Ba+2].[Ba+2].[Ba+2].[Ba+2].[Ba+2].[Ba+2].[Ba+2].[Ba+2].[Ba+2].[Ba+2].[Ba+2].[Ba+2].[Ba+2].[Ba+2].[Ba+2].[Ba+2].[Ba+2].[Ba+2].[Ba+2].[Ba+2].[Ba+2].[Ba+2].[Ba+2].[Ba+2].[Ba+2].[Ba+2].[Ba+2].[Ba+2].[Ba+2].[Ba+2].[Ba+2].[Ba+2].[Ba+2].[Ba+2]. The van der Waals surface area contributed by atoms with Gasteiger partial charge in [0.15, 0.2) is 0 Å². The third kappa shape index (κ3) is 987. The summed E-state index contributed by atoms with van der Waals surface area (Å²) in [7, 11) is -28.0. The van der Waals surface area contributed by atoms with E-state index in [0.29, 0.717) is 0 Å². The molecule has 12 N–H and O–H groups in total. The fraction of sp³-hybridized carbons (Fsp3) is 0. The van der Waals surface area contributed by atoms with Crippen LogP contribution < -0.4 is 0 Å². The molecule has 0 spiro atoms. The minimum atomic E-state index is -4.67.